The number of carboxylic acid groups (broad SMARTS) is 1. The van der Waals surface area contributed by atoms with E-state index in [0.29, 0.717) is 29.6 Å². The van der Waals surface area contributed by atoms with E-state index in [-0.39, 0.29) is 11.3 Å². The molecule has 0 heterocycles. The molecule has 3 aliphatic carbocycles. The lowest BCUT2D eigenvalue weighted by Crippen LogP contribution is -2.43. The van der Waals surface area contributed by atoms with Gasteiger partial charge in [-0.25, -0.2) is 4.79 Å². The minimum atomic E-state index is -0.849. The van der Waals surface area contributed by atoms with Crippen molar-refractivity contribution < 1.29 is 14.7 Å². The zero-order valence-corrected chi connectivity index (χ0v) is 11.2. The molecule has 2 saturated carbocycles. The maximum atomic E-state index is 12.6. The third-order valence-electron chi connectivity index (χ3n) is 6.03. The second-order valence-electron chi connectivity index (χ2n) is 6.66. The Morgan fingerprint density at radius 2 is 2.11 bits per heavy atom. The van der Waals surface area contributed by atoms with E-state index in [1.807, 2.05) is 13.0 Å². The topological polar surface area (TPSA) is 54.4 Å². The van der Waals surface area contributed by atoms with Gasteiger partial charge in [-0.3, -0.25) is 4.79 Å². The molecule has 0 radical (unpaired) electrons. The molecule has 3 nitrogen and oxygen atoms in total. The summed E-state index contributed by atoms with van der Waals surface area (Å²) in [5, 5.41) is 9.34. The van der Waals surface area contributed by atoms with Crippen molar-refractivity contribution in [3.63, 3.8) is 0 Å². The number of ketones is 1. The molecule has 0 aromatic rings. The fourth-order valence-corrected chi connectivity index (χ4v) is 5.38. The zero-order valence-electron chi connectivity index (χ0n) is 11.2. The number of carboxylic acids is 1. The summed E-state index contributed by atoms with van der Waals surface area (Å²) >= 11 is 0. The molecule has 1 spiro atoms. The maximum Gasteiger partial charge on any atom is 0.331 e. The van der Waals surface area contributed by atoms with Crippen molar-refractivity contribution in [3.8, 4) is 0 Å². The van der Waals surface area contributed by atoms with Crippen LogP contribution in [-0.2, 0) is 9.59 Å². The van der Waals surface area contributed by atoms with Crippen LogP contribution in [0.2, 0.25) is 0 Å². The van der Waals surface area contributed by atoms with Crippen LogP contribution in [0.5, 0.6) is 0 Å². The van der Waals surface area contributed by atoms with Gasteiger partial charge < -0.3 is 5.11 Å². The second kappa shape index (κ2) is 3.25. The Morgan fingerprint density at radius 3 is 2.72 bits per heavy atom. The van der Waals surface area contributed by atoms with Gasteiger partial charge in [0.2, 0.25) is 0 Å². The first-order chi connectivity index (χ1) is 8.34. The summed E-state index contributed by atoms with van der Waals surface area (Å²) < 4.78 is 0. The highest BCUT2D eigenvalue weighted by Crippen LogP contribution is 2.71. The summed E-state index contributed by atoms with van der Waals surface area (Å²) in [4.78, 5) is 24.0. The van der Waals surface area contributed by atoms with E-state index in [1.165, 1.54) is 0 Å². The van der Waals surface area contributed by atoms with E-state index in [9.17, 15) is 14.7 Å². The molecule has 5 atom stereocenters. The summed E-state index contributed by atoms with van der Waals surface area (Å²) in [6, 6.07) is 0. The minimum absolute atomic E-state index is 0.134. The Bertz CT molecular complexity index is 478. The normalized spacial score (nSPS) is 50.1. The maximum absolute atomic E-state index is 12.6. The van der Waals surface area contributed by atoms with Crippen molar-refractivity contribution in [1.29, 1.82) is 0 Å². The lowest BCUT2D eigenvalue weighted by Gasteiger charge is -2.40. The monoisotopic (exact) mass is 248 g/mol. The van der Waals surface area contributed by atoms with Gasteiger partial charge >= 0.3 is 5.97 Å². The predicted octanol–water partition coefficient (Wildman–Crippen LogP) is 2.66. The van der Waals surface area contributed by atoms with Gasteiger partial charge in [0.1, 0.15) is 5.78 Å². The first-order valence-electron chi connectivity index (χ1n) is 6.84. The van der Waals surface area contributed by atoms with E-state index in [2.05, 4.69) is 13.8 Å². The smallest absolute Gasteiger partial charge is 0.331 e. The molecule has 3 rings (SSSR count). The van der Waals surface area contributed by atoms with Crippen molar-refractivity contribution in [2.75, 3.05) is 0 Å². The molecule has 0 bridgehead atoms. The van der Waals surface area contributed by atoms with Gasteiger partial charge in [0.15, 0.2) is 0 Å². The number of hydrogen-bond donors (Lipinski definition) is 1. The molecule has 0 aromatic carbocycles. The van der Waals surface area contributed by atoms with E-state index < -0.39 is 11.4 Å². The van der Waals surface area contributed by atoms with Crippen molar-refractivity contribution in [2.45, 2.75) is 40.0 Å². The Labute approximate surface area is 107 Å². The quantitative estimate of drug-likeness (QED) is 0.776. The van der Waals surface area contributed by atoms with Gasteiger partial charge in [-0.1, -0.05) is 26.8 Å². The first-order valence-corrected chi connectivity index (χ1v) is 6.84. The molecule has 2 fully saturated rings. The van der Waals surface area contributed by atoms with Crippen LogP contribution in [-0.4, -0.2) is 16.9 Å². The molecule has 1 N–H and O–H groups in total. The van der Waals surface area contributed by atoms with E-state index >= 15 is 0 Å². The summed E-state index contributed by atoms with van der Waals surface area (Å²) in [5.41, 5.74) is -0.183. The van der Waals surface area contributed by atoms with E-state index in [4.69, 9.17) is 0 Å². The van der Waals surface area contributed by atoms with Gasteiger partial charge in [-0.05, 0) is 30.1 Å². The fraction of sp³-hybridized carbons (Fsp3) is 0.733. The number of rotatable bonds is 1. The number of carbonyl (C=O) groups excluding carboxylic acids is 1. The van der Waals surface area contributed by atoms with Crippen LogP contribution in [0, 0.1) is 28.6 Å². The Balaban J connectivity index is 2.18. The summed E-state index contributed by atoms with van der Waals surface area (Å²) in [6.07, 6.45) is 4.55. The van der Waals surface area contributed by atoms with Gasteiger partial charge in [0.25, 0.3) is 0 Å². The van der Waals surface area contributed by atoms with Crippen LogP contribution in [0.25, 0.3) is 0 Å². The highest BCUT2D eigenvalue weighted by atomic mass is 16.4. The summed E-state index contributed by atoms with van der Waals surface area (Å²) in [7, 11) is 0. The number of aliphatic carboxylic acids is 1. The Kier molecular flexibility index (Phi) is 2.16. The van der Waals surface area contributed by atoms with Crippen molar-refractivity contribution in [1.82, 2.24) is 0 Å². The average Bonchev–Trinajstić information content (AvgIpc) is 2.79. The van der Waals surface area contributed by atoms with E-state index in [1.54, 1.807) is 0 Å². The molecule has 98 valence electrons. The molecule has 18 heavy (non-hydrogen) atoms. The lowest BCUT2D eigenvalue weighted by atomic mass is 9.60. The average molecular weight is 248 g/mol. The highest BCUT2D eigenvalue weighted by molar-refractivity contribution is 5.96. The molecule has 0 saturated heterocycles. The second-order valence-corrected chi connectivity index (χ2v) is 6.66. The van der Waals surface area contributed by atoms with Crippen molar-refractivity contribution in [2.24, 2.45) is 28.6 Å². The zero-order chi connectivity index (χ0) is 13.3. The largest absolute Gasteiger partial charge is 0.478 e. The molecular weight excluding hydrogens is 228 g/mol. The number of allylic oxidation sites excluding steroid dienone is 1. The van der Waals surface area contributed by atoms with Crippen molar-refractivity contribution >= 4 is 11.8 Å². The van der Waals surface area contributed by atoms with Crippen LogP contribution >= 0.6 is 0 Å². The van der Waals surface area contributed by atoms with Crippen LogP contribution in [0.3, 0.4) is 0 Å². The number of carbonyl (C=O) groups is 2. The van der Waals surface area contributed by atoms with Gasteiger partial charge in [-0.2, -0.15) is 0 Å². The first kappa shape index (κ1) is 11.9. The third kappa shape index (κ3) is 1.03. The van der Waals surface area contributed by atoms with Gasteiger partial charge in [0, 0.05) is 23.3 Å². The molecular formula is C15H20O3. The summed E-state index contributed by atoms with van der Waals surface area (Å²) in [6.45, 7) is 6.18. The Morgan fingerprint density at radius 1 is 1.44 bits per heavy atom. The fourth-order valence-electron chi connectivity index (χ4n) is 5.38. The molecule has 3 heteroatoms. The molecule has 0 unspecified atom stereocenters. The number of hydrogen-bond acceptors (Lipinski definition) is 2. The molecule has 0 aromatic heterocycles. The number of Topliss-reactive ketones (excluding diaryl/α,β-unsaturated/α-hetero) is 1. The van der Waals surface area contributed by atoms with Crippen LogP contribution in [0.15, 0.2) is 11.6 Å². The molecule has 3 aliphatic rings. The Hall–Kier alpha value is -1.12. The minimum Gasteiger partial charge on any atom is -0.478 e. The molecule has 0 amide bonds. The van der Waals surface area contributed by atoms with Crippen molar-refractivity contribution in [3.05, 3.63) is 11.6 Å². The van der Waals surface area contributed by atoms with E-state index in [0.717, 1.165) is 12.8 Å². The van der Waals surface area contributed by atoms with Crippen LogP contribution < -0.4 is 0 Å². The third-order valence-corrected chi connectivity index (χ3v) is 6.03. The van der Waals surface area contributed by atoms with Gasteiger partial charge in [-0.15, -0.1) is 0 Å². The van der Waals surface area contributed by atoms with Crippen LogP contribution in [0.4, 0.5) is 0 Å². The standard InChI is InChI=1S/C15H20O3/c1-8-6-12(16)15-9(2)10(13(17)18)7-14(15,3)5-4-11(8)15/h7-9,11H,4-6H2,1-3H3,(H,17,18)/t8-,9-,11+,14+,15+/m1/s1. The summed E-state index contributed by atoms with van der Waals surface area (Å²) in [5.74, 6) is 0.102. The lowest BCUT2D eigenvalue weighted by molar-refractivity contribution is -0.135. The van der Waals surface area contributed by atoms with Crippen LogP contribution in [0.1, 0.15) is 40.0 Å². The predicted molar refractivity (Wildman–Crippen MR) is 66.9 cm³/mol. The SMILES string of the molecule is C[C@@H]1CC(=O)[C@@]23[C@H](C)C(C(=O)O)=C[C@]2(C)CC[C@@H]13. The highest BCUT2D eigenvalue weighted by Gasteiger charge is 2.71. The van der Waals surface area contributed by atoms with Gasteiger partial charge in [0.05, 0.1) is 0 Å². The molecule has 0 aliphatic heterocycles.